The van der Waals surface area contributed by atoms with E-state index in [2.05, 4.69) is 8.75 Å². The van der Waals surface area contributed by atoms with Crippen LogP contribution in [0.1, 0.15) is 55.4 Å². The zero-order chi connectivity index (χ0) is 19.8. The highest BCUT2D eigenvalue weighted by Gasteiger charge is 2.54. The molecule has 0 spiro atoms. The molecule has 144 valence electrons. The monoisotopic (exact) mass is 388 g/mol. The van der Waals surface area contributed by atoms with Gasteiger partial charge in [-0.3, -0.25) is 0 Å². The number of hydrogen-bond acceptors (Lipinski definition) is 7. The second-order valence-corrected chi connectivity index (χ2v) is 9.91. The molecule has 2 aromatic rings. The summed E-state index contributed by atoms with van der Waals surface area (Å²) in [4.78, 5) is 0. The van der Waals surface area contributed by atoms with E-state index in [4.69, 9.17) is 18.6 Å². The Hall–Kier alpha value is -0.990. The third-order valence-electron chi connectivity index (χ3n) is 6.49. The fourth-order valence-corrected chi connectivity index (χ4v) is 3.81. The van der Waals surface area contributed by atoms with Crippen LogP contribution in [0, 0.1) is 0 Å². The maximum absolute atomic E-state index is 6.21. The van der Waals surface area contributed by atoms with Crippen LogP contribution in [-0.4, -0.2) is 45.4 Å². The van der Waals surface area contributed by atoms with Gasteiger partial charge in [0.2, 0.25) is 0 Å². The lowest BCUT2D eigenvalue weighted by atomic mass is 9.72. The Morgan fingerprint density at radius 2 is 0.926 bits per heavy atom. The van der Waals surface area contributed by atoms with Crippen LogP contribution >= 0.6 is 11.7 Å². The maximum atomic E-state index is 6.21. The molecule has 0 N–H and O–H groups in total. The van der Waals surface area contributed by atoms with E-state index in [9.17, 15) is 0 Å². The van der Waals surface area contributed by atoms with Crippen molar-refractivity contribution in [1.29, 1.82) is 0 Å². The molecule has 0 bridgehead atoms. The summed E-state index contributed by atoms with van der Waals surface area (Å²) in [7, 11) is -0.956. The van der Waals surface area contributed by atoms with E-state index in [1.165, 1.54) is 11.7 Å². The minimum atomic E-state index is -0.478. The van der Waals surface area contributed by atoms with Gasteiger partial charge < -0.3 is 18.6 Å². The molecule has 0 atom stereocenters. The number of benzene rings is 1. The number of fused-ring (bicyclic) bond motifs is 1. The van der Waals surface area contributed by atoms with E-state index in [1.54, 1.807) is 0 Å². The summed E-state index contributed by atoms with van der Waals surface area (Å²) in [5.74, 6) is 0. The molecule has 2 fully saturated rings. The van der Waals surface area contributed by atoms with Crippen LogP contribution in [0.5, 0.6) is 0 Å². The van der Waals surface area contributed by atoms with Gasteiger partial charge in [0.15, 0.2) is 0 Å². The molecule has 1 aromatic carbocycles. The second-order valence-electron chi connectivity index (χ2n) is 9.38. The highest BCUT2D eigenvalue weighted by molar-refractivity contribution is 7.00. The van der Waals surface area contributed by atoms with Crippen molar-refractivity contribution in [2.45, 2.75) is 77.8 Å². The van der Waals surface area contributed by atoms with E-state index >= 15 is 0 Å². The van der Waals surface area contributed by atoms with E-state index in [-0.39, 0.29) is 0 Å². The van der Waals surface area contributed by atoms with Gasteiger partial charge in [-0.05, 0) is 55.4 Å². The number of nitrogens with zero attached hydrogens (tertiary/aromatic N) is 2. The Kier molecular flexibility index (Phi) is 4.13. The van der Waals surface area contributed by atoms with Crippen LogP contribution in [0.2, 0.25) is 0 Å². The summed E-state index contributed by atoms with van der Waals surface area (Å²) in [5, 5.41) is 0. The summed E-state index contributed by atoms with van der Waals surface area (Å²) >= 11 is 1.18. The molecule has 0 saturated carbocycles. The number of hydrogen-bond donors (Lipinski definition) is 0. The molecule has 4 rings (SSSR count). The van der Waals surface area contributed by atoms with Crippen molar-refractivity contribution < 1.29 is 18.6 Å². The first kappa shape index (κ1) is 19.3. The third kappa shape index (κ3) is 2.86. The van der Waals surface area contributed by atoms with E-state index < -0.39 is 36.6 Å². The van der Waals surface area contributed by atoms with Crippen LogP contribution in [0.25, 0.3) is 11.0 Å². The zero-order valence-electron chi connectivity index (χ0n) is 17.2. The van der Waals surface area contributed by atoms with Gasteiger partial charge in [-0.25, -0.2) is 0 Å². The lowest BCUT2D eigenvalue weighted by molar-refractivity contribution is 0.00578. The average molecular weight is 388 g/mol. The van der Waals surface area contributed by atoms with E-state index in [0.29, 0.717) is 0 Å². The molecule has 0 radical (unpaired) electrons. The highest BCUT2D eigenvalue weighted by atomic mass is 32.1. The van der Waals surface area contributed by atoms with Gasteiger partial charge in [-0.2, -0.15) is 8.75 Å². The first-order valence-electron chi connectivity index (χ1n) is 9.31. The minimum Gasteiger partial charge on any atom is -0.399 e. The van der Waals surface area contributed by atoms with Crippen molar-refractivity contribution in [2.24, 2.45) is 0 Å². The van der Waals surface area contributed by atoms with Crippen LogP contribution in [0.3, 0.4) is 0 Å². The van der Waals surface area contributed by atoms with Gasteiger partial charge in [0.1, 0.15) is 11.0 Å². The molecule has 0 amide bonds. The summed E-state index contributed by atoms with van der Waals surface area (Å²) < 4.78 is 33.9. The van der Waals surface area contributed by atoms with Crippen molar-refractivity contribution in [3.63, 3.8) is 0 Å². The molecule has 0 aliphatic carbocycles. The maximum Gasteiger partial charge on any atom is 0.497 e. The van der Waals surface area contributed by atoms with Crippen molar-refractivity contribution in [2.75, 3.05) is 0 Å². The van der Waals surface area contributed by atoms with Gasteiger partial charge in [-0.15, -0.1) is 0 Å². The first-order chi connectivity index (χ1) is 12.3. The molecule has 2 aliphatic rings. The first-order valence-corrected chi connectivity index (χ1v) is 10.0. The quantitative estimate of drug-likeness (QED) is 0.736. The SMILES string of the molecule is CC1(C)OB(c2ccc(B3OC(C)(C)C(C)(C)O3)c3nsnc23)OC1(C)C. The molecule has 0 unspecified atom stereocenters. The molecule has 9 heteroatoms. The summed E-state index contributed by atoms with van der Waals surface area (Å²) in [6.45, 7) is 16.4. The van der Waals surface area contributed by atoms with Crippen LogP contribution in [0.15, 0.2) is 12.1 Å². The Labute approximate surface area is 165 Å². The molecule has 6 nitrogen and oxygen atoms in total. The smallest absolute Gasteiger partial charge is 0.399 e. The van der Waals surface area contributed by atoms with Gasteiger partial charge >= 0.3 is 14.2 Å². The molecular formula is C18H26B2N2O4S. The van der Waals surface area contributed by atoms with Crippen molar-refractivity contribution in [3.05, 3.63) is 12.1 Å². The van der Waals surface area contributed by atoms with Crippen LogP contribution in [-0.2, 0) is 18.6 Å². The third-order valence-corrected chi connectivity index (χ3v) is 7.02. The predicted octanol–water partition coefficient (Wildman–Crippen LogP) is 2.29. The van der Waals surface area contributed by atoms with E-state index in [0.717, 1.165) is 22.0 Å². The highest BCUT2D eigenvalue weighted by Crippen LogP contribution is 2.38. The molecular weight excluding hydrogens is 362 g/mol. The molecule has 1 aromatic heterocycles. The second kappa shape index (κ2) is 5.76. The summed E-state index contributed by atoms with van der Waals surface area (Å²) in [6, 6.07) is 3.98. The summed E-state index contributed by atoms with van der Waals surface area (Å²) in [6.07, 6.45) is 0. The van der Waals surface area contributed by atoms with E-state index in [1.807, 2.05) is 67.5 Å². The summed E-state index contributed by atoms with van der Waals surface area (Å²) in [5.41, 5.74) is 1.72. The molecule has 2 saturated heterocycles. The Bertz CT molecular complexity index is 795. The number of aromatic nitrogens is 2. The predicted molar refractivity (Wildman–Crippen MR) is 109 cm³/mol. The topological polar surface area (TPSA) is 62.7 Å². The van der Waals surface area contributed by atoms with Crippen molar-refractivity contribution >= 4 is 47.9 Å². The average Bonchev–Trinajstić information content (AvgIpc) is 3.13. The molecule has 2 aliphatic heterocycles. The largest absolute Gasteiger partial charge is 0.497 e. The van der Waals surface area contributed by atoms with Crippen LogP contribution in [0.4, 0.5) is 0 Å². The standard InChI is InChI=1S/C18H26B2N2O4S/c1-15(2)16(3,4)24-19(23-15)11-9-10-12(14-13(11)21-27-22-14)20-25-17(5,6)18(7,8)26-20/h9-10H,1-8H3. The normalized spacial score (nSPS) is 25.5. The zero-order valence-corrected chi connectivity index (χ0v) is 18.1. The van der Waals surface area contributed by atoms with Gasteiger partial charge in [0.05, 0.1) is 34.1 Å². The Morgan fingerprint density at radius 1 is 0.630 bits per heavy atom. The Balaban J connectivity index is 1.73. The minimum absolute atomic E-state index is 0.405. The van der Waals surface area contributed by atoms with Gasteiger partial charge in [0, 0.05) is 10.9 Å². The van der Waals surface area contributed by atoms with Gasteiger partial charge in [-0.1, -0.05) is 12.1 Å². The molecule has 27 heavy (non-hydrogen) atoms. The fourth-order valence-electron chi connectivity index (χ4n) is 3.23. The number of rotatable bonds is 2. The van der Waals surface area contributed by atoms with Crippen molar-refractivity contribution in [1.82, 2.24) is 8.75 Å². The lowest BCUT2D eigenvalue weighted by Crippen LogP contribution is -2.41. The van der Waals surface area contributed by atoms with Crippen LogP contribution < -0.4 is 10.9 Å². The van der Waals surface area contributed by atoms with Gasteiger partial charge in [0.25, 0.3) is 0 Å². The Morgan fingerprint density at radius 3 is 1.22 bits per heavy atom. The van der Waals surface area contributed by atoms with Crippen molar-refractivity contribution in [3.8, 4) is 0 Å². The fraction of sp³-hybridized carbons (Fsp3) is 0.667. The molecule has 3 heterocycles. The lowest BCUT2D eigenvalue weighted by Gasteiger charge is -2.32.